The summed E-state index contributed by atoms with van der Waals surface area (Å²) < 4.78 is 5.04. The van der Waals surface area contributed by atoms with Crippen LogP contribution in [-0.4, -0.2) is 18.3 Å². The van der Waals surface area contributed by atoms with Gasteiger partial charge in [-0.3, -0.25) is 4.79 Å². The van der Waals surface area contributed by atoms with Crippen LogP contribution in [0.5, 0.6) is 5.75 Å². The first-order valence-electron chi connectivity index (χ1n) is 7.41. The van der Waals surface area contributed by atoms with Crippen molar-refractivity contribution in [2.24, 2.45) is 0 Å². The van der Waals surface area contributed by atoms with Crippen LogP contribution in [0.1, 0.15) is 38.5 Å². The second-order valence-electron chi connectivity index (χ2n) is 4.87. The van der Waals surface area contributed by atoms with Gasteiger partial charge in [-0.2, -0.15) is 12.6 Å². The molecule has 0 bridgehead atoms. The highest BCUT2D eigenvalue weighted by Gasteiger charge is 1.98. The van der Waals surface area contributed by atoms with Gasteiger partial charge >= 0.3 is 0 Å². The second kappa shape index (κ2) is 10.3. The van der Waals surface area contributed by atoms with E-state index in [0.717, 1.165) is 11.3 Å². The normalized spacial score (nSPS) is 13.5. The Morgan fingerprint density at radius 2 is 1.57 bits per heavy atom. The van der Waals surface area contributed by atoms with E-state index in [1.165, 1.54) is 44.6 Å². The average molecular weight is 307 g/mol. The van der Waals surface area contributed by atoms with E-state index in [4.69, 9.17) is 4.74 Å². The molecule has 3 nitrogen and oxygen atoms in total. The number of benzene rings is 1. The van der Waals surface area contributed by atoms with Crippen LogP contribution in [0.25, 0.3) is 10.9 Å². The first kappa shape index (κ1) is 17.6. The topological polar surface area (TPSA) is 42.1 Å². The summed E-state index contributed by atoms with van der Waals surface area (Å²) in [5.74, 6) is 0.745. The number of H-pyrrole nitrogens is 1. The molecule has 3 rings (SSSR count). The van der Waals surface area contributed by atoms with Gasteiger partial charge in [-0.25, -0.2) is 0 Å². The molecule has 21 heavy (non-hydrogen) atoms. The first-order valence-corrected chi connectivity index (χ1v) is 8.31. The summed E-state index contributed by atoms with van der Waals surface area (Å²) in [6.45, 7) is 0. The summed E-state index contributed by atoms with van der Waals surface area (Å²) >= 11 is 3.53. The van der Waals surface area contributed by atoms with E-state index in [9.17, 15) is 4.79 Å². The van der Waals surface area contributed by atoms with E-state index in [2.05, 4.69) is 17.6 Å². The number of aromatic nitrogens is 1. The largest absolute Gasteiger partial charge is 0.497 e. The molecule has 0 saturated heterocycles. The zero-order valence-corrected chi connectivity index (χ0v) is 13.8. The van der Waals surface area contributed by atoms with E-state index >= 15 is 0 Å². The minimum absolute atomic E-state index is 0.0244. The number of hydrogen-bond donors (Lipinski definition) is 2. The molecule has 1 aliphatic rings. The Morgan fingerprint density at radius 1 is 1.00 bits per heavy atom. The minimum atomic E-state index is 0.0244. The fourth-order valence-corrected chi connectivity index (χ4v) is 2.34. The van der Waals surface area contributed by atoms with Crippen molar-refractivity contribution < 1.29 is 4.74 Å². The van der Waals surface area contributed by atoms with Gasteiger partial charge in [0.25, 0.3) is 0 Å². The molecule has 4 heteroatoms. The van der Waals surface area contributed by atoms with Crippen molar-refractivity contribution in [3.63, 3.8) is 0 Å². The van der Waals surface area contributed by atoms with E-state index in [1.807, 2.05) is 0 Å². The molecule has 1 fully saturated rings. The third kappa shape index (κ3) is 5.84. The third-order valence-corrected chi connectivity index (χ3v) is 3.47. The number of rotatable bonds is 1. The van der Waals surface area contributed by atoms with Gasteiger partial charge in [0, 0.05) is 23.7 Å². The van der Waals surface area contributed by atoms with Crippen LogP contribution >= 0.6 is 12.6 Å². The SMILES string of the molecule is C1CCCCC1.COc1ccc2c(=O)cc[nH]c2c1.CS. The van der Waals surface area contributed by atoms with Crippen LogP contribution in [0, 0.1) is 0 Å². The molecule has 0 amide bonds. The highest BCUT2D eigenvalue weighted by molar-refractivity contribution is 7.79. The molecule has 0 unspecified atom stereocenters. The molecule has 116 valence electrons. The van der Waals surface area contributed by atoms with Crippen molar-refractivity contribution in [2.75, 3.05) is 13.4 Å². The van der Waals surface area contributed by atoms with Gasteiger partial charge in [0.1, 0.15) is 5.75 Å². The fourth-order valence-electron chi connectivity index (χ4n) is 2.34. The number of hydrogen-bond acceptors (Lipinski definition) is 3. The predicted molar refractivity (Wildman–Crippen MR) is 93.7 cm³/mol. The predicted octanol–water partition coefficient (Wildman–Crippen LogP) is 4.42. The number of ether oxygens (including phenoxy) is 1. The van der Waals surface area contributed by atoms with Gasteiger partial charge in [-0.05, 0) is 18.4 Å². The lowest BCUT2D eigenvalue weighted by Crippen LogP contribution is -1.99. The third-order valence-electron chi connectivity index (χ3n) is 3.47. The molecule has 1 aromatic heterocycles. The van der Waals surface area contributed by atoms with Gasteiger partial charge in [0.05, 0.1) is 12.6 Å². The number of aromatic amines is 1. The second-order valence-corrected chi connectivity index (χ2v) is 4.87. The maximum atomic E-state index is 11.3. The number of methoxy groups -OCH3 is 1. The van der Waals surface area contributed by atoms with Crippen molar-refractivity contribution in [3.8, 4) is 5.75 Å². The molecule has 2 aromatic rings. The maximum Gasteiger partial charge on any atom is 0.189 e. The molecular weight excluding hydrogens is 282 g/mol. The molecule has 1 heterocycles. The minimum Gasteiger partial charge on any atom is -0.497 e. The van der Waals surface area contributed by atoms with Crippen molar-refractivity contribution in [3.05, 3.63) is 40.7 Å². The highest BCUT2D eigenvalue weighted by Crippen LogP contribution is 2.16. The molecule has 1 saturated carbocycles. The zero-order chi connectivity index (χ0) is 15.5. The van der Waals surface area contributed by atoms with Gasteiger partial charge in [-0.1, -0.05) is 38.5 Å². The molecular formula is C17H25NO2S. The number of fused-ring (bicyclic) bond motifs is 1. The van der Waals surface area contributed by atoms with E-state index < -0.39 is 0 Å². The monoisotopic (exact) mass is 307 g/mol. The van der Waals surface area contributed by atoms with Crippen molar-refractivity contribution in [1.82, 2.24) is 4.98 Å². The molecule has 0 spiro atoms. The summed E-state index contributed by atoms with van der Waals surface area (Å²) in [4.78, 5) is 14.3. The van der Waals surface area contributed by atoms with Crippen LogP contribution in [0.15, 0.2) is 35.3 Å². The Labute approximate surface area is 132 Å². The zero-order valence-electron chi connectivity index (χ0n) is 12.9. The highest BCUT2D eigenvalue weighted by atomic mass is 32.1. The lowest BCUT2D eigenvalue weighted by Gasteiger charge is -2.05. The van der Waals surface area contributed by atoms with Crippen molar-refractivity contribution >= 4 is 23.5 Å². The Kier molecular flexibility index (Phi) is 8.67. The molecule has 0 aliphatic heterocycles. The van der Waals surface area contributed by atoms with Crippen LogP contribution in [-0.2, 0) is 0 Å². The average Bonchev–Trinajstić information content (AvgIpc) is 2.59. The molecule has 0 atom stereocenters. The quantitative estimate of drug-likeness (QED) is 0.766. The maximum absolute atomic E-state index is 11.3. The standard InChI is InChI=1S/C10H9NO2.C6H12.CH4S/c1-13-7-2-3-8-9(6-7)11-5-4-10(8)12;1-2-4-6-5-3-1;1-2/h2-6H,1H3,(H,11,12);1-6H2;2H,1H3. The van der Waals surface area contributed by atoms with Gasteiger partial charge in [0.15, 0.2) is 5.43 Å². The Morgan fingerprint density at radius 3 is 2.10 bits per heavy atom. The van der Waals surface area contributed by atoms with Crippen LogP contribution in [0.3, 0.4) is 0 Å². The van der Waals surface area contributed by atoms with Gasteiger partial charge in [-0.15, -0.1) is 0 Å². The van der Waals surface area contributed by atoms with Crippen LogP contribution < -0.4 is 10.2 Å². The first-order chi connectivity index (χ1) is 10.3. The van der Waals surface area contributed by atoms with Gasteiger partial charge in [0.2, 0.25) is 0 Å². The summed E-state index contributed by atoms with van der Waals surface area (Å²) in [5.41, 5.74) is 0.822. The van der Waals surface area contributed by atoms with E-state index in [-0.39, 0.29) is 5.43 Å². The summed E-state index contributed by atoms with van der Waals surface area (Å²) in [7, 11) is 1.60. The molecule has 1 N–H and O–H groups in total. The Balaban J connectivity index is 0.000000231. The van der Waals surface area contributed by atoms with Crippen LogP contribution in [0.2, 0.25) is 0 Å². The van der Waals surface area contributed by atoms with E-state index in [0.29, 0.717) is 5.39 Å². The van der Waals surface area contributed by atoms with Gasteiger partial charge < -0.3 is 9.72 Å². The van der Waals surface area contributed by atoms with E-state index in [1.54, 1.807) is 37.8 Å². The lowest BCUT2D eigenvalue weighted by molar-refractivity contribution is 0.415. The Bertz CT molecular complexity index is 565. The van der Waals surface area contributed by atoms with Crippen LogP contribution in [0.4, 0.5) is 0 Å². The molecule has 1 aromatic carbocycles. The number of pyridine rings is 1. The summed E-state index contributed by atoms with van der Waals surface area (Å²) in [6.07, 6.45) is 12.3. The smallest absolute Gasteiger partial charge is 0.189 e. The lowest BCUT2D eigenvalue weighted by atomic mass is 10.0. The number of thiol groups is 1. The summed E-state index contributed by atoms with van der Waals surface area (Å²) in [6, 6.07) is 6.84. The molecule has 0 radical (unpaired) electrons. The number of nitrogens with one attached hydrogen (secondary N) is 1. The fraction of sp³-hybridized carbons (Fsp3) is 0.471. The molecule has 1 aliphatic carbocycles. The van der Waals surface area contributed by atoms with Crippen molar-refractivity contribution in [1.29, 1.82) is 0 Å². The van der Waals surface area contributed by atoms with Crippen molar-refractivity contribution in [2.45, 2.75) is 38.5 Å². The summed E-state index contributed by atoms with van der Waals surface area (Å²) in [5, 5.41) is 0.684. The Hall–Kier alpha value is -1.42.